The van der Waals surface area contributed by atoms with Crippen LogP contribution in [0.15, 0.2) is 36.4 Å². The summed E-state index contributed by atoms with van der Waals surface area (Å²) < 4.78 is 24.6. The van der Waals surface area contributed by atoms with Gasteiger partial charge in [0.1, 0.15) is 0 Å². The monoisotopic (exact) mass is 267 g/mol. The van der Waals surface area contributed by atoms with Crippen molar-refractivity contribution in [2.45, 2.75) is 12.5 Å². The van der Waals surface area contributed by atoms with E-state index < -0.39 is 16.1 Å². The van der Waals surface area contributed by atoms with E-state index in [0.717, 1.165) is 11.1 Å². The molecule has 2 rings (SSSR count). The van der Waals surface area contributed by atoms with Crippen molar-refractivity contribution < 1.29 is 13.5 Å². The standard InChI is InChI=1S/C13H17NO3S/c1-18(16,17)14-9-12(7-8-13(15)10-14)11-5-3-2-4-6-11/h2-7,13,15H,8-10H2,1H3. The fraction of sp³-hybridized carbons (Fsp3) is 0.385. The summed E-state index contributed by atoms with van der Waals surface area (Å²) >= 11 is 0. The van der Waals surface area contributed by atoms with Crippen LogP contribution >= 0.6 is 0 Å². The van der Waals surface area contributed by atoms with Crippen LogP contribution in [0.1, 0.15) is 12.0 Å². The number of benzene rings is 1. The summed E-state index contributed by atoms with van der Waals surface area (Å²) in [5.74, 6) is 0. The number of sulfonamides is 1. The third-order valence-electron chi connectivity index (χ3n) is 3.01. The van der Waals surface area contributed by atoms with E-state index in [0.29, 0.717) is 13.0 Å². The third kappa shape index (κ3) is 3.19. The molecule has 1 aromatic carbocycles. The van der Waals surface area contributed by atoms with Gasteiger partial charge < -0.3 is 5.11 Å². The molecule has 0 radical (unpaired) electrons. The van der Waals surface area contributed by atoms with Gasteiger partial charge in [-0.3, -0.25) is 0 Å². The molecule has 0 spiro atoms. The molecular weight excluding hydrogens is 250 g/mol. The van der Waals surface area contributed by atoms with Crippen LogP contribution in [0.3, 0.4) is 0 Å². The minimum atomic E-state index is -3.29. The fourth-order valence-electron chi connectivity index (χ4n) is 2.02. The molecule has 0 bridgehead atoms. The zero-order chi connectivity index (χ0) is 13.2. The zero-order valence-electron chi connectivity index (χ0n) is 10.3. The second-order valence-corrected chi connectivity index (χ2v) is 6.52. The van der Waals surface area contributed by atoms with Crippen LogP contribution in [-0.2, 0) is 10.0 Å². The van der Waals surface area contributed by atoms with E-state index in [1.807, 2.05) is 36.4 Å². The van der Waals surface area contributed by atoms with E-state index in [4.69, 9.17) is 0 Å². The second-order valence-electron chi connectivity index (χ2n) is 4.54. The molecule has 0 saturated heterocycles. The van der Waals surface area contributed by atoms with E-state index in [2.05, 4.69) is 0 Å². The lowest BCUT2D eigenvalue weighted by Gasteiger charge is -2.20. The quantitative estimate of drug-likeness (QED) is 0.873. The molecule has 1 aliphatic rings. The van der Waals surface area contributed by atoms with Crippen molar-refractivity contribution in [3.63, 3.8) is 0 Å². The molecule has 1 aromatic rings. The van der Waals surface area contributed by atoms with Crippen LogP contribution in [0.5, 0.6) is 0 Å². The van der Waals surface area contributed by atoms with Gasteiger partial charge in [0.25, 0.3) is 0 Å². The number of nitrogens with zero attached hydrogens (tertiary/aromatic N) is 1. The average molecular weight is 267 g/mol. The molecule has 1 N–H and O–H groups in total. The Morgan fingerprint density at radius 3 is 2.56 bits per heavy atom. The molecule has 5 heteroatoms. The minimum Gasteiger partial charge on any atom is -0.391 e. The number of β-amino-alcohol motifs (C(OH)–C–C–N with tert-alkyl or cyclic N) is 1. The van der Waals surface area contributed by atoms with Crippen LogP contribution in [-0.4, -0.2) is 43.3 Å². The Bertz CT molecular complexity index is 537. The SMILES string of the molecule is CS(=O)(=O)N1CC(c2ccccc2)=CCC(O)C1. The predicted molar refractivity (Wildman–Crippen MR) is 71.5 cm³/mol. The molecule has 0 aliphatic carbocycles. The van der Waals surface area contributed by atoms with Gasteiger partial charge in [0, 0.05) is 13.1 Å². The van der Waals surface area contributed by atoms with Crippen LogP contribution < -0.4 is 0 Å². The Balaban J connectivity index is 2.31. The van der Waals surface area contributed by atoms with Crippen molar-refractivity contribution in [3.05, 3.63) is 42.0 Å². The maximum Gasteiger partial charge on any atom is 0.211 e. The summed E-state index contributed by atoms with van der Waals surface area (Å²) in [5.41, 5.74) is 1.94. The van der Waals surface area contributed by atoms with Crippen LogP contribution in [0.4, 0.5) is 0 Å². The van der Waals surface area contributed by atoms with Gasteiger partial charge in [-0.15, -0.1) is 0 Å². The third-order valence-corrected chi connectivity index (χ3v) is 4.23. The normalized spacial score (nSPS) is 22.3. The molecule has 4 nitrogen and oxygen atoms in total. The van der Waals surface area contributed by atoms with Crippen LogP contribution in [0.25, 0.3) is 5.57 Å². The van der Waals surface area contributed by atoms with Gasteiger partial charge in [-0.1, -0.05) is 36.4 Å². The average Bonchev–Trinajstić information content (AvgIpc) is 2.52. The summed E-state index contributed by atoms with van der Waals surface area (Å²) in [4.78, 5) is 0. The highest BCUT2D eigenvalue weighted by atomic mass is 32.2. The highest BCUT2D eigenvalue weighted by Crippen LogP contribution is 2.21. The minimum absolute atomic E-state index is 0.158. The molecule has 1 atom stereocenters. The van der Waals surface area contributed by atoms with Gasteiger partial charge in [-0.2, -0.15) is 4.31 Å². The Labute approximate surface area is 108 Å². The Hall–Kier alpha value is -1.17. The summed E-state index contributed by atoms with van der Waals surface area (Å²) in [6, 6.07) is 9.66. The Morgan fingerprint density at radius 2 is 1.94 bits per heavy atom. The molecular formula is C13H17NO3S. The molecule has 0 saturated carbocycles. The first kappa shape index (κ1) is 13.3. The molecule has 0 aromatic heterocycles. The first-order chi connectivity index (χ1) is 8.47. The van der Waals surface area contributed by atoms with E-state index in [-0.39, 0.29) is 6.54 Å². The summed E-state index contributed by atoms with van der Waals surface area (Å²) in [5, 5.41) is 9.74. The second kappa shape index (κ2) is 5.22. The van der Waals surface area contributed by atoms with Crippen LogP contribution in [0.2, 0.25) is 0 Å². The first-order valence-corrected chi connectivity index (χ1v) is 7.69. The van der Waals surface area contributed by atoms with Crippen LogP contribution in [0, 0.1) is 0 Å². The molecule has 0 fully saturated rings. The number of aliphatic hydroxyl groups is 1. The number of rotatable bonds is 2. The Morgan fingerprint density at radius 1 is 1.28 bits per heavy atom. The van der Waals surface area contributed by atoms with Gasteiger partial charge in [-0.25, -0.2) is 8.42 Å². The van der Waals surface area contributed by atoms with Gasteiger partial charge in [0.05, 0.1) is 12.4 Å². The summed E-state index contributed by atoms with van der Waals surface area (Å²) in [6.45, 7) is 0.478. The molecule has 18 heavy (non-hydrogen) atoms. The van der Waals surface area contributed by atoms with E-state index in [9.17, 15) is 13.5 Å². The maximum atomic E-state index is 11.6. The van der Waals surface area contributed by atoms with Crippen molar-refractivity contribution in [1.29, 1.82) is 0 Å². The lowest BCUT2D eigenvalue weighted by Crippen LogP contribution is -2.36. The molecule has 0 amide bonds. The van der Waals surface area contributed by atoms with Gasteiger partial charge in [0.2, 0.25) is 10.0 Å². The highest BCUT2D eigenvalue weighted by molar-refractivity contribution is 7.88. The van der Waals surface area contributed by atoms with Gasteiger partial charge in [-0.05, 0) is 17.6 Å². The fourth-order valence-corrected chi connectivity index (χ4v) is 2.84. The predicted octanol–water partition coefficient (Wildman–Crippen LogP) is 1.10. The Kier molecular flexibility index (Phi) is 3.85. The maximum absolute atomic E-state index is 11.6. The summed E-state index contributed by atoms with van der Waals surface area (Å²) in [7, 11) is -3.29. The van der Waals surface area contributed by atoms with Crippen molar-refractivity contribution in [2.75, 3.05) is 19.3 Å². The first-order valence-electron chi connectivity index (χ1n) is 5.84. The smallest absolute Gasteiger partial charge is 0.211 e. The lowest BCUT2D eigenvalue weighted by atomic mass is 10.1. The van der Waals surface area contributed by atoms with E-state index in [1.54, 1.807) is 0 Å². The topological polar surface area (TPSA) is 57.6 Å². The molecule has 1 unspecified atom stereocenters. The number of hydrogen-bond donors (Lipinski definition) is 1. The highest BCUT2D eigenvalue weighted by Gasteiger charge is 2.24. The molecule has 98 valence electrons. The van der Waals surface area contributed by atoms with Crippen molar-refractivity contribution in [1.82, 2.24) is 4.31 Å². The number of aliphatic hydroxyl groups excluding tert-OH is 1. The zero-order valence-corrected chi connectivity index (χ0v) is 11.1. The largest absolute Gasteiger partial charge is 0.391 e. The lowest BCUT2D eigenvalue weighted by molar-refractivity contribution is 0.156. The van der Waals surface area contributed by atoms with Crippen molar-refractivity contribution in [2.24, 2.45) is 0 Å². The van der Waals surface area contributed by atoms with E-state index >= 15 is 0 Å². The molecule has 1 heterocycles. The van der Waals surface area contributed by atoms with Gasteiger partial charge >= 0.3 is 0 Å². The summed E-state index contributed by atoms with van der Waals surface area (Å²) in [6.07, 6.45) is 2.94. The van der Waals surface area contributed by atoms with Crippen molar-refractivity contribution in [3.8, 4) is 0 Å². The van der Waals surface area contributed by atoms with E-state index in [1.165, 1.54) is 10.6 Å². The number of hydrogen-bond acceptors (Lipinski definition) is 3. The molecule has 1 aliphatic heterocycles. The van der Waals surface area contributed by atoms with Gasteiger partial charge in [0.15, 0.2) is 0 Å². The van der Waals surface area contributed by atoms with Crippen molar-refractivity contribution >= 4 is 15.6 Å².